The van der Waals surface area contributed by atoms with Gasteiger partial charge in [-0.25, -0.2) is 0 Å². The first-order valence-electron chi connectivity index (χ1n) is 19.6. The van der Waals surface area contributed by atoms with Crippen LogP contribution in [0.1, 0.15) is 90.5 Å². The van der Waals surface area contributed by atoms with Gasteiger partial charge in [-0.1, -0.05) is 60.7 Å². The molecule has 7 heteroatoms. The molecule has 4 aliphatic heterocycles. The molecule has 0 bridgehead atoms. The molecule has 0 saturated carbocycles. The van der Waals surface area contributed by atoms with E-state index in [9.17, 15) is 14.7 Å². The number of carbonyl (C=O) groups excluding carboxylic acids is 2. The Bertz CT molecular complexity index is 1920. The number of nitrogens with zero attached hydrogens (tertiary/aromatic N) is 3. The number of nitrogens with one attached hydrogen (secondary N) is 1. The summed E-state index contributed by atoms with van der Waals surface area (Å²) in [5, 5.41) is 12.8. The van der Waals surface area contributed by atoms with Gasteiger partial charge in [-0.2, -0.15) is 0 Å². The zero-order chi connectivity index (χ0) is 35.2. The molecular formula is C45H50N4O3. The normalized spacial score (nSPS) is 26.7. The fraction of sp³-hybridized carbons (Fsp3) is 0.422. The van der Waals surface area contributed by atoms with Gasteiger partial charge in [-0.3, -0.25) is 19.8 Å². The topological polar surface area (TPSA) is 76.1 Å². The Kier molecular flexibility index (Phi) is 8.99. The molecule has 4 aromatic rings. The first kappa shape index (κ1) is 33.2. The summed E-state index contributed by atoms with van der Waals surface area (Å²) in [5.74, 6) is 1.22. The maximum absolute atomic E-state index is 12.6. The zero-order valence-corrected chi connectivity index (χ0v) is 30.0. The first-order valence-corrected chi connectivity index (χ1v) is 19.6. The minimum Gasteiger partial charge on any atom is -0.508 e. The lowest BCUT2D eigenvalue weighted by Crippen LogP contribution is -2.42. The predicted octanol–water partition coefficient (Wildman–Crippen LogP) is 7.34. The largest absolute Gasteiger partial charge is 0.508 e. The lowest BCUT2D eigenvalue weighted by atomic mass is 9.69. The average molecular weight is 695 g/mol. The standard InChI is InChI=1S/C45H50N4O3/c50-37-14-16-39-34(28-37)11-15-38(31-5-2-1-3-6-31)44(39)32-9-12-35(13-10-32)47-23-19-30(20-24-47)29-48-25-21-42-41(48)22-26-49(42)36-8-4-7-33(27-36)40-17-18-43(51)46-45(40)52/h1-10,12-14,16,27-28,30,38,40-42,44,50H,11,15,17-26,29H2,(H,46,51,52)/t38-,40?,41+,42+,44+/m1/s1. The molecule has 0 aromatic heterocycles. The van der Waals surface area contributed by atoms with Crippen LogP contribution in [0.25, 0.3) is 0 Å². The second-order valence-electron chi connectivity index (χ2n) is 15.9. The Morgan fingerprint density at radius 1 is 0.654 bits per heavy atom. The number of rotatable bonds is 7. The number of hydrogen-bond donors (Lipinski definition) is 2. The molecule has 1 aliphatic carbocycles. The summed E-state index contributed by atoms with van der Waals surface area (Å²) in [4.78, 5) is 32.2. The van der Waals surface area contributed by atoms with Crippen molar-refractivity contribution in [1.29, 1.82) is 0 Å². The van der Waals surface area contributed by atoms with Crippen molar-refractivity contribution in [2.45, 2.75) is 81.2 Å². The minimum absolute atomic E-state index is 0.159. The third kappa shape index (κ3) is 6.38. The highest BCUT2D eigenvalue weighted by molar-refractivity contribution is 6.01. The number of aryl methyl sites for hydroxylation is 1. The molecule has 2 amide bonds. The Balaban J connectivity index is 0.823. The van der Waals surface area contributed by atoms with Gasteiger partial charge in [0.2, 0.25) is 11.8 Å². The molecule has 0 radical (unpaired) electrons. The van der Waals surface area contributed by atoms with Gasteiger partial charge >= 0.3 is 0 Å². The van der Waals surface area contributed by atoms with E-state index >= 15 is 0 Å². The molecule has 5 atom stereocenters. The number of imide groups is 1. The molecule has 9 rings (SSSR count). The number of amides is 2. The van der Waals surface area contributed by atoms with E-state index < -0.39 is 0 Å². The van der Waals surface area contributed by atoms with E-state index in [0.29, 0.717) is 36.6 Å². The molecule has 4 aromatic carbocycles. The average Bonchev–Trinajstić information content (AvgIpc) is 3.78. The number of phenolic OH excluding ortho intramolecular Hbond substituents is 1. The second-order valence-corrected chi connectivity index (χ2v) is 15.9. The van der Waals surface area contributed by atoms with Crippen LogP contribution in [0.4, 0.5) is 11.4 Å². The van der Waals surface area contributed by atoms with E-state index in [0.717, 1.165) is 50.5 Å². The summed E-state index contributed by atoms with van der Waals surface area (Å²) in [7, 11) is 0. The van der Waals surface area contributed by atoms with Crippen LogP contribution in [0.5, 0.6) is 5.75 Å². The maximum Gasteiger partial charge on any atom is 0.234 e. The van der Waals surface area contributed by atoms with Gasteiger partial charge in [0, 0.05) is 68.5 Å². The third-order valence-electron chi connectivity index (χ3n) is 13.1. The molecule has 268 valence electrons. The van der Waals surface area contributed by atoms with Crippen LogP contribution >= 0.6 is 0 Å². The number of anilines is 2. The van der Waals surface area contributed by atoms with Gasteiger partial charge in [0.25, 0.3) is 0 Å². The van der Waals surface area contributed by atoms with Crippen molar-refractivity contribution in [1.82, 2.24) is 10.2 Å². The van der Waals surface area contributed by atoms with Crippen molar-refractivity contribution in [2.75, 3.05) is 42.5 Å². The number of hydrogen-bond acceptors (Lipinski definition) is 6. The number of fused-ring (bicyclic) bond motifs is 2. The van der Waals surface area contributed by atoms with E-state index in [2.05, 4.69) is 98.9 Å². The summed E-state index contributed by atoms with van der Waals surface area (Å²) < 4.78 is 0. The summed E-state index contributed by atoms with van der Waals surface area (Å²) in [6.07, 6.45) is 7.90. The highest BCUT2D eigenvalue weighted by atomic mass is 16.3. The van der Waals surface area contributed by atoms with Crippen molar-refractivity contribution in [3.05, 3.63) is 125 Å². The monoisotopic (exact) mass is 694 g/mol. The third-order valence-corrected chi connectivity index (χ3v) is 13.1. The van der Waals surface area contributed by atoms with Crippen molar-refractivity contribution in [2.24, 2.45) is 5.92 Å². The van der Waals surface area contributed by atoms with E-state index in [-0.39, 0.29) is 23.7 Å². The van der Waals surface area contributed by atoms with Gasteiger partial charge in [-0.15, -0.1) is 0 Å². The van der Waals surface area contributed by atoms with E-state index in [1.165, 1.54) is 65.9 Å². The lowest BCUT2D eigenvalue weighted by Gasteiger charge is -2.37. The molecule has 4 fully saturated rings. The minimum atomic E-state index is -0.238. The highest BCUT2D eigenvalue weighted by Crippen LogP contribution is 2.47. The summed E-state index contributed by atoms with van der Waals surface area (Å²) in [6, 6.07) is 36.0. The van der Waals surface area contributed by atoms with Crippen LogP contribution in [0, 0.1) is 5.92 Å². The van der Waals surface area contributed by atoms with E-state index in [1.54, 1.807) is 0 Å². The Hall–Kier alpha value is -4.62. The van der Waals surface area contributed by atoms with Crippen LogP contribution < -0.4 is 15.1 Å². The SMILES string of the molecule is O=C1CCC(c2cccc(N3CC[C@H]4[C@@H]3CCN4CC3CCN(c4ccc([C@@H]5c6ccc(O)cc6CC[C@@H]5c5ccccc5)cc4)CC3)c2)C(=O)N1. The highest BCUT2D eigenvalue weighted by Gasteiger charge is 2.43. The molecular weight excluding hydrogens is 645 g/mol. The van der Waals surface area contributed by atoms with Crippen molar-refractivity contribution >= 4 is 23.2 Å². The fourth-order valence-corrected chi connectivity index (χ4v) is 10.4. The smallest absolute Gasteiger partial charge is 0.234 e. The number of likely N-dealkylation sites (tertiary alicyclic amines) is 1. The molecule has 52 heavy (non-hydrogen) atoms. The fourth-order valence-electron chi connectivity index (χ4n) is 10.4. The van der Waals surface area contributed by atoms with Gasteiger partial charge in [0.15, 0.2) is 0 Å². The van der Waals surface area contributed by atoms with Crippen LogP contribution in [0.2, 0.25) is 0 Å². The number of piperidine rings is 2. The summed E-state index contributed by atoms with van der Waals surface area (Å²) in [6.45, 7) is 5.61. The van der Waals surface area contributed by atoms with E-state index in [1.807, 2.05) is 18.2 Å². The Morgan fingerprint density at radius 2 is 1.44 bits per heavy atom. The molecule has 2 N–H and O–H groups in total. The number of benzene rings is 4. The molecule has 4 heterocycles. The van der Waals surface area contributed by atoms with Crippen molar-refractivity contribution in [3.63, 3.8) is 0 Å². The quantitative estimate of drug-likeness (QED) is 0.197. The van der Waals surface area contributed by atoms with Gasteiger partial charge in [0.05, 0.1) is 5.92 Å². The molecule has 1 unspecified atom stereocenters. The number of carbonyl (C=O) groups is 2. The molecule has 5 aliphatic rings. The van der Waals surface area contributed by atoms with Crippen LogP contribution in [-0.2, 0) is 16.0 Å². The molecule has 4 saturated heterocycles. The second kappa shape index (κ2) is 14.1. The zero-order valence-electron chi connectivity index (χ0n) is 30.0. The number of aromatic hydroxyl groups is 1. The Morgan fingerprint density at radius 3 is 2.25 bits per heavy atom. The summed E-state index contributed by atoms with van der Waals surface area (Å²) >= 11 is 0. The summed E-state index contributed by atoms with van der Waals surface area (Å²) in [5.41, 5.74) is 8.95. The Labute approximate surface area is 307 Å². The van der Waals surface area contributed by atoms with Crippen LogP contribution in [0.3, 0.4) is 0 Å². The molecule has 7 nitrogen and oxygen atoms in total. The maximum atomic E-state index is 12.6. The van der Waals surface area contributed by atoms with Gasteiger partial charge in [0.1, 0.15) is 5.75 Å². The first-order chi connectivity index (χ1) is 25.5. The van der Waals surface area contributed by atoms with E-state index in [4.69, 9.17) is 0 Å². The van der Waals surface area contributed by atoms with Gasteiger partial charge < -0.3 is 14.9 Å². The van der Waals surface area contributed by atoms with Crippen LogP contribution in [0.15, 0.2) is 97.1 Å². The van der Waals surface area contributed by atoms with Crippen LogP contribution in [-0.4, -0.2) is 66.6 Å². The lowest BCUT2D eigenvalue weighted by molar-refractivity contribution is -0.134. The van der Waals surface area contributed by atoms with Crippen molar-refractivity contribution < 1.29 is 14.7 Å². The van der Waals surface area contributed by atoms with Crippen molar-refractivity contribution in [3.8, 4) is 5.75 Å². The number of phenols is 1. The van der Waals surface area contributed by atoms with Gasteiger partial charge in [-0.05, 0) is 121 Å². The predicted molar refractivity (Wildman–Crippen MR) is 206 cm³/mol. The molecule has 0 spiro atoms.